The van der Waals surface area contributed by atoms with Crippen LogP contribution in [0.3, 0.4) is 0 Å². The number of aliphatic hydroxyl groups is 2. The molecule has 106 valence electrons. The van der Waals surface area contributed by atoms with Crippen molar-refractivity contribution < 1.29 is 24.9 Å². The van der Waals surface area contributed by atoms with Gasteiger partial charge in [0.25, 0.3) is 5.56 Å². The van der Waals surface area contributed by atoms with E-state index in [0.717, 1.165) is 6.20 Å². The minimum atomic E-state index is -1.36. The second-order valence-electron chi connectivity index (χ2n) is 4.22. The maximum Gasteiger partial charge on any atom is 0.361 e. The Kier molecular flexibility index (Phi) is 3.71. The van der Waals surface area contributed by atoms with Crippen LogP contribution in [-0.2, 0) is 9.47 Å². The first kappa shape index (κ1) is 13.7. The largest absolute Gasteiger partial charge is 0.424 e. The first-order valence-electron chi connectivity index (χ1n) is 5.51. The van der Waals surface area contributed by atoms with Gasteiger partial charge in [0.2, 0.25) is 0 Å². The summed E-state index contributed by atoms with van der Waals surface area (Å²) in [6, 6.07) is 0. The third kappa shape index (κ3) is 2.40. The summed E-state index contributed by atoms with van der Waals surface area (Å²) in [6.45, 7) is 0.0331. The highest BCUT2D eigenvalue weighted by Gasteiger charge is 2.44. The monoisotopic (exact) mass is 274 g/mol. The number of hydrogen-bond donors (Lipinski definition) is 4. The topological polar surface area (TPSA) is 134 Å². The fraction of sp³-hybridized carbons (Fsp3) is 0.600. The van der Waals surface area contributed by atoms with E-state index in [1.165, 1.54) is 7.11 Å². The molecule has 19 heavy (non-hydrogen) atoms. The SMILES string of the molecule is COCC1OC(c2cn(O)c(=O)[nH]c2=O)C(O)C1O. The molecule has 4 unspecified atom stereocenters. The van der Waals surface area contributed by atoms with Crippen LogP contribution in [0.25, 0.3) is 0 Å². The van der Waals surface area contributed by atoms with Crippen molar-refractivity contribution >= 4 is 0 Å². The van der Waals surface area contributed by atoms with Gasteiger partial charge in [-0.3, -0.25) is 9.78 Å². The Morgan fingerprint density at radius 2 is 2.11 bits per heavy atom. The maximum atomic E-state index is 11.6. The number of hydrogen-bond acceptors (Lipinski definition) is 7. The number of methoxy groups -OCH3 is 1. The van der Waals surface area contributed by atoms with E-state index in [9.17, 15) is 25.0 Å². The molecule has 0 spiro atoms. The second-order valence-corrected chi connectivity index (χ2v) is 4.22. The number of aliphatic hydroxyl groups excluding tert-OH is 2. The van der Waals surface area contributed by atoms with Gasteiger partial charge in [-0.1, -0.05) is 0 Å². The third-order valence-electron chi connectivity index (χ3n) is 2.95. The van der Waals surface area contributed by atoms with Crippen molar-refractivity contribution in [1.82, 2.24) is 9.71 Å². The number of rotatable bonds is 3. The highest BCUT2D eigenvalue weighted by Crippen LogP contribution is 2.31. The van der Waals surface area contributed by atoms with E-state index in [1.807, 2.05) is 4.98 Å². The summed E-state index contributed by atoms with van der Waals surface area (Å²) in [5.74, 6) is 0. The van der Waals surface area contributed by atoms with E-state index in [0.29, 0.717) is 0 Å². The van der Waals surface area contributed by atoms with Crippen molar-refractivity contribution in [2.24, 2.45) is 0 Å². The van der Waals surface area contributed by atoms with Gasteiger partial charge in [-0.2, -0.15) is 0 Å². The van der Waals surface area contributed by atoms with Gasteiger partial charge in [-0.15, -0.1) is 4.73 Å². The number of aromatic amines is 1. The molecule has 0 bridgehead atoms. The summed E-state index contributed by atoms with van der Waals surface area (Å²) >= 11 is 0. The quantitative estimate of drug-likeness (QED) is 0.451. The Morgan fingerprint density at radius 1 is 1.42 bits per heavy atom. The van der Waals surface area contributed by atoms with Crippen molar-refractivity contribution in [3.63, 3.8) is 0 Å². The van der Waals surface area contributed by atoms with Crippen LogP contribution in [0.4, 0.5) is 0 Å². The molecule has 1 saturated heterocycles. The van der Waals surface area contributed by atoms with E-state index in [1.54, 1.807) is 0 Å². The normalized spacial score (nSPS) is 30.7. The molecule has 4 N–H and O–H groups in total. The molecule has 0 saturated carbocycles. The molecule has 0 aromatic carbocycles. The molecule has 1 fully saturated rings. The van der Waals surface area contributed by atoms with Gasteiger partial charge >= 0.3 is 5.69 Å². The number of H-pyrrole nitrogens is 1. The molecule has 1 aromatic heterocycles. The van der Waals surface area contributed by atoms with Crippen molar-refractivity contribution in [3.8, 4) is 0 Å². The molecule has 0 amide bonds. The molecule has 9 heteroatoms. The minimum absolute atomic E-state index is 0.0331. The molecule has 0 aliphatic carbocycles. The van der Waals surface area contributed by atoms with Gasteiger partial charge in [-0.25, -0.2) is 4.79 Å². The first-order chi connectivity index (χ1) is 8.95. The fourth-order valence-electron chi connectivity index (χ4n) is 1.99. The van der Waals surface area contributed by atoms with Crippen LogP contribution in [0.15, 0.2) is 15.8 Å². The lowest BCUT2D eigenvalue weighted by Crippen LogP contribution is -2.35. The van der Waals surface area contributed by atoms with Crippen LogP contribution in [0.5, 0.6) is 0 Å². The lowest BCUT2D eigenvalue weighted by molar-refractivity contribution is -0.0347. The smallest absolute Gasteiger partial charge is 0.361 e. The zero-order chi connectivity index (χ0) is 14.2. The molecule has 0 radical (unpaired) electrons. The van der Waals surface area contributed by atoms with Crippen molar-refractivity contribution in [3.05, 3.63) is 32.6 Å². The Labute approximate surface area is 106 Å². The zero-order valence-electron chi connectivity index (χ0n) is 10.0. The molecular weight excluding hydrogens is 260 g/mol. The van der Waals surface area contributed by atoms with Crippen LogP contribution >= 0.6 is 0 Å². The second kappa shape index (κ2) is 5.13. The Bertz CT molecular complexity index is 566. The summed E-state index contributed by atoms with van der Waals surface area (Å²) in [5, 5.41) is 28.8. The summed E-state index contributed by atoms with van der Waals surface area (Å²) in [7, 11) is 1.40. The van der Waals surface area contributed by atoms with Crippen LogP contribution in [-0.4, -0.2) is 57.2 Å². The molecule has 1 aliphatic rings. The standard InChI is InChI=1S/C10H14N2O7/c1-18-3-5-6(13)7(14)8(19-5)4-2-12(17)10(16)11-9(4)15/h2,5-8,13-14,17H,3H2,1H3,(H,11,15,16). The minimum Gasteiger partial charge on any atom is -0.424 e. The van der Waals surface area contributed by atoms with Gasteiger partial charge in [0, 0.05) is 7.11 Å². The average molecular weight is 274 g/mol. The molecule has 1 aliphatic heterocycles. The highest BCUT2D eigenvalue weighted by atomic mass is 16.6. The Balaban J connectivity index is 2.35. The summed E-state index contributed by atoms with van der Waals surface area (Å²) < 4.78 is 10.3. The lowest BCUT2D eigenvalue weighted by Gasteiger charge is -2.13. The Hall–Kier alpha value is -1.68. The van der Waals surface area contributed by atoms with Crippen LogP contribution < -0.4 is 11.2 Å². The fourth-order valence-corrected chi connectivity index (χ4v) is 1.99. The summed E-state index contributed by atoms with van der Waals surface area (Å²) in [5.41, 5.74) is -1.97. The molecule has 1 aromatic rings. The van der Waals surface area contributed by atoms with Gasteiger partial charge in [0.1, 0.15) is 24.4 Å². The molecular formula is C10H14N2O7. The number of ether oxygens (including phenoxy) is 2. The van der Waals surface area contributed by atoms with Crippen LogP contribution in [0.2, 0.25) is 0 Å². The number of nitrogens with zero attached hydrogens (tertiary/aromatic N) is 1. The highest BCUT2D eigenvalue weighted by molar-refractivity contribution is 5.13. The zero-order valence-corrected chi connectivity index (χ0v) is 10.0. The first-order valence-corrected chi connectivity index (χ1v) is 5.51. The molecule has 4 atom stereocenters. The Morgan fingerprint density at radius 3 is 2.74 bits per heavy atom. The lowest BCUT2D eigenvalue weighted by atomic mass is 10.0. The van der Waals surface area contributed by atoms with E-state index in [2.05, 4.69) is 0 Å². The molecule has 9 nitrogen and oxygen atoms in total. The molecule has 2 rings (SSSR count). The number of aromatic nitrogens is 2. The maximum absolute atomic E-state index is 11.6. The van der Waals surface area contributed by atoms with E-state index >= 15 is 0 Å². The molecule has 2 heterocycles. The van der Waals surface area contributed by atoms with Gasteiger partial charge in [0.05, 0.1) is 18.4 Å². The van der Waals surface area contributed by atoms with Gasteiger partial charge in [0.15, 0.2) is 0 Å². The van der Waals surface area contributed by atoms with Crippen molar-refractivity contribution in [2.45, 2.75) is 24.4 Å². The van der Waals surface area contributed by atoms with E-state index < -0.39 is 35.7 Å². The predicted molar refractivity (Wildman–Crippen MR) is 60.0 cm³/mol. The average Bonchev–Trinajstić information content (AvgIpc) is 2.63. The van der Waals surface area contributed by atoms with Crippen molar-refractivity contribution in [2.75, 3.05) is 13.7 Å². The van der Waals surface area contributed by atoms with Gasteiger partial charge < -0.3 is 24.9 Å². The van der Waals surface area contributed by atoms with E-state index in [-0.39, 0.29) is 16.9 Å². The predicted octanol–water partition coefficient (Wildman–Crippen LogP) is -2.42. The van der Waals surface area contributed by atoms with Crippen LogP contribution in [0, 0.1) is 0 Å². The van der Waals surface area contributed by atoms with E-state index in [4.69, 9.17) is 9.47 Å². The third-order valence-corrected chi connectivity index (χ3v) is 2.95. The van der Waals surface area contributed by atoms with Crippen molar-refractivity contribution in [1.29, 1.82) is 0 Å². The summed E-state index contributed by atoms with van der Waals surface area (Å²) in [6.07, 6.45) is -3.71. The summed E-state index contributed by atoms with van der Waals surface area (Å²) in [4.78, 5) is 24.5. The van der Waals surface area contributed by atoms with Crippen LogP contribution in [0.1, 0.15) is 11.7 Å². The number of nitrogens with one attached hydrogen (secondary N) is 1. The van der Waals surface area contributed by atoms with Gasteiger partial charge in [-0.05, 0) is 0 Å².